The highest BCUT2D eigenvalue weighted by molar-refractivity contribution is 6.30. The number of carbonyl (C=O) groups is 2. The molecule has 11 heteroatoms. The van der Waals surface area contributed by atoms with Crippen molar-refractivity contribution >= 4 is 34.5 Å². The normalized spacial score (nSPS) is 17.8. The van der Waals surface area contributed by atoms with E-state index in [0.29, 0.717) is 53.6 Å². The lowest BCUT2D eigenvalue weighted by Crippen LogP contribution is -2.41. The van der Waals surface area contributed by atoms with Gasteiger partial charge in [-0.2, -0.15) is 13.2 Å². The molecule has 38 heavy (non-hydrogen) atoms. The molecular weight excluding hydrogens is 525 g/mol. The minimum Gasteiger partial charge on any atom is -0.493 e. The molecule has 0 radical (unpaired) electrons. The first-order chi connectivity index (χ1) is 18.0. The number of imide groups is 1. The number of unbranched alkanes of at least 4 members (excludes halogenated alkanes) is 1. The SMILES string of the molecule is CCCc1c(OCCCCN2C(=O)NC(C)(c3ccc(Cl)cc3)C2=O)ccc2c(C(F)(F)F)cc(=O)oc12. The smallest absolute Gasteiger partial charge is 0.417 e. The first-order valence-electron chi connectivity index (χ1n) is 12.2. The Balaban J connectivity index is 1.42. The standard InChI is InChI=1S/C27H26ClF3N2O5/c1-3-6-19-21(12-11-18-20(27(29,30)31)15-22(34)38-23(18)19)37-14-5-4-13-33-24(35)26(2,32-25(33)36)16-7-9-17(28)10-8-16/h7-12,15H,3-6,13-14H2,1-2H3,(H,32,36). The molecule has 0 aliphatic carbocycles. The summed E-state index contributed by atoms with van der Waals surface area (Å²) in [5.74, 6) is -0.0480. The first kappa shape index (κ1) is 27.5. The Morgan fingerprint density at radius 1 is 1.08 bits per heavy atom. The van der Waals surface area contributed by atoms with E-state index in [-0.39, 0.29) is 30.0 Å². The van der Waals surface area contributed by atoms with Gasteiger partial charge in [0, 0.05) is 28.6 Å². The van der Waals surface area contributed by atoms with E-state index in [0.717, 1.165) is 4.90 Å². The van der Waals surface area contributed by atoms with Crippen LogP contribution in [0, 0.1) is 0 Å². The summed E-state index contributed by atoms with van der Waals surface area (Å²) in [6.07, 6.45) is -2.86. The molecule has 7 nitrogen and oxygen atoms in total. The summed E-state index contributed by atoms with van der Waals surface area (Å²) in [4.78, 5) is 38.6. The van der Waals surface area contributed by atoms with Crippen LogP contribution in [-0.2, 0) is 22.9 Å². The van der Waals surface area contributed by atoms with E-state index in [2.05, 4.69) is 5.32 Å². The van der Waals surface area contributed by atoms with Crippen molar-refractivity contribution in [3.63, 3.8) is 0 Å². The van der Waals surface area contributed by atoms with Crippen molar-refractivity contribution in [3.05, 3.63) is 74.6 Å². The van der Waals surface area contributed by atoms with Gasteiger partial charge in [0.1, 0.15) is 16.9 Å². The Hall–Kier alpha value is -3.53. The number of nitrogens with zero attached hydrogens (tertiary/aromatic N) is 1. The van der Waals surface area contributed by atoms with Crippen molar-refractivity contribution in [1.82, 2.24) is 10.2 Å². The third-order valence-corrected chi connectivity index (χ3v) is 6.76. The lowest BCUT2D eigenvalue weighted by Gasteiger charge is -2.22. The van der Waals surface area contributed by atoms with Gasteiger partial charge in [-0.05, 0) is 56.0 Å². The van der Waals surface area contributed by atoms with E-state index < -0.39 is 28.9 Å². The van der Waals surface area contributed by atoms with Gasteiger partial charge < -0.3 is 14.5 Å². The van der Waals surface area contributed by atoms with E-state index in [1.54, 1.807) is 31.2 Å². The second kappa shape index (κ2) is 10.7. The van der Waals surface area contributed by atoms with Crippen LogP contribution in [0.3, 0.4) is 0 Å². The molecule has 1 atom stereocenters. The van der Waals surface area contributed by atoms with Crippen LogP contribution in [0.15, 0.2) is 51.7 Å². The highest BCUT2D eigenvalue weighted by Gasteiger charge is 2.48. The molecule has 1 saturated heterocycles. The average Bonchev–Trinajstić information content (AvgIpc) is 3.08. The lowest BCUT2D eigenvalue weighted by atomic mass is 9.92. The van der Waals surface area contributed by atoms with Crippen molar-refractivity contribution in [3.8, 4) is 5.75 Å². The van der Waals surface area contributed by atoms with E-state index in [4.69, 9.17) is 20.8 Å². The Morgan fingerprint density at radius 3 is 2.45 bits per heavy atom. The van der Waals surface area contributed by atoms with E-state index in [1.165, 1.54) is 12.1 Å². The Bertz CT molecular complexity index is 1420. The predicted molar refractivity (Wildman–Crippen MR) is 135 cm³/mol. The van der Waals surface area contributed by atoms with Crippen LogP contribution in [0.5, 0.6) is 5.75 Å². The number of carbonyl (C=O) groups excluding carboxylic acids is 2. The number of amides is 3. The second-order valence-electron chi connectivity index (χ2n) is 9.22. The highest BCUT2D eigenvalue weighted by atomic mass is 35.5. The summed E-state index contributed by atoms with van der Waals surface area (Å²) in [5.41, 5.74) is -2.46. The van der Waals surface area contributed by atoms with Gasteiger partial charge >= 0.3 is 17.8 Å². The van der Waals surface area contributed by atoms with Crippen LogP contribution in [0.1, 0.15) is 49.8 Å². The fourth-order valence-electron chi connectivity index (χ4n) is 4.55. The molecule has 202 valence electrons. The van der Waals surface area contributed by atoms with Gasteiger partial charge in [0.15, 0.2) is 0 Å². The molecule has 1 aliphatic heterocycles. The third kappa shape index (κ3) is 5.36. The largest absolute Gasteiger partial charge is 0.493 e. The maximum atomic E-state index is 13.5. The number of halogens is 4. The molecule has 1 aromatic heterocycles. The topological polar surface area (TPSA) is 88.9 Å². The lowest BCUT2D eigenvalue weighted by molar-refractivity contribution is -0.136. The molecule has 2 heterocycles. The third-order valence-electron chi connectivity index (χ3n) is 6.51. The van der Waals surface area contributed by atoms with Crippen molar-refractivity contribution in [2.24, 2.45) is 0 Å². The first-order valence-corrected chi connectivity index (χ1v) is 12.5. The summed E-state index contributed by atoms with van der Waals surface area (Å²) < 4.78 is 51.4. The molecule has 0 bridgehead atoms. The fourth-order valence-corrected chi connectivity index (χ4v) is 4.68. The van der Waals surface area contributed by atoms with Gasteiger partial charge in [0.2, 0.25) is 0 Å². The summed E-state index contributed by atoms with van der Waals surface area (Å²) in [7, 11) is 0. The molecule has 1 N–H and O–H groups in total. The van der Waals surface area contributed by atoms with Crippen LogP contribution >= 0.6 is 11.6 Å². The van der Waals surface area contributed by atoms with Crippen molar-refractivity contribution in [2.45, 2.75) is 51.2 Å². The molecule has 0 spiro atoms. The molecule has 2 aromatic carbocycles. The molecule has 4 rings (SSSR count). The van der Waals surface area contributed by atoms with Crippen molar-refractivity contribution in [1.29, 1.82) is 0 Å². The average molecular weight is 551 g/mol. The predicted octanol–water partition coefficient (Wildman–Crippen LogP) is 6.04. The minimum absolute atomic E-state index is 0.134. The molecule has 1 fully saturated rings. The van der Waals surface area contributed by atoms with Crippen LogP contribution in [0.4, 0.5) is 18.0 Å². The van der Waals surface area contributed by atoms with E-state index >= 15 is 0 Å². The molecule has 1 aliphatic rings. The van der Waals surface area contributed by atoms with E-state index in [9.17, 15) is 27.6 Å². The van der Waals surface area contributed by atoms with Crippen LogP contribution in [0.25, 0.3) is 11.0 Å². The summed E-state index contributed by atoms with van der Waals surface area (Å²) >= 11 is 5.93. The number of aryl methyl sites for hydroxylation is 1. The maximum absolute atomic E-state index is 13.5. The zero-order valence-electron chi connectivity index (χ0n) is 20.8. The molecule has 3 aromatic rings. The van der Waals surface area contributed by atoms with Gasteiger partial charge in [-0.15, -0.1) is 0 Å². The summed E-state index contributed by atoms with van der Waals surface area (Å²) in [5, 5.41) is 3.06. The zero-order chi connectivity index (χ0) is 27.7. The van der Waals surface area contributed by atoms with E-state index in [1.807, 2.05) is 6.92 Å². The number of urea groups is 1. The number of alkyl halides is 3. The van der Waals surface area contributed by atoms with Gasteiger partial charge in [-0.3, -0.25) is 9.69 Å². The molecular formula is C27H26ClF3N2O5. The fraction of sp³-hybridized carbons (Fsp3) is 0.370. The number of ether oxygens (including phenoxy) is 1. The number of hydrogen-bond donors (Lipinski definition) is 1. The zero-order valence-corrected chi connectivity index (χ0v) is 21.5. The minimum atomic E-state index is -4.71. The summed E-state index contributed by atoms with van der Waals surface area (Å²) in [6, 6.07) is 9.31. The Morgan fingerprint density at radius 2 is 1.79 bits per heavy atom. The quantitative estimate of drug-likeness (QED) is 0.199. The highest BCUT2D eigenvalue weighted by Crippen LogP contribution is 2.37. The molecule has 1 unspecified atom stereocenters. The maximum Gasteiger partial charge on any atom is 0.417 e. The van der Waals surface area contributed by atoms with Gasteiger partial charge in [0.05, 0.1) is 12.2 Å². The van der Waals surface area contributed by atoms with Crippen LogP contribution in [0.2, 0.25) is 5.02 Å². The van der Waals surface area contributed by atoms with Gasteiger partial charge in [0.25, 0.3) is 5.91 Å². The second-order valence-corrected chi connectivity index (χ2v) is 9.66. The van der Waals surface area contributed by atoms with Crippen molar-refractivity contribution in [2.75, 3.05) is 13.2 Å². The summed E-state index contributed by atoms with van der Waals surface area (Å²) in [6.45, 7) is 3.84. The number of benzene rings is 2. The number of nitrogens with one attached hydrogen (secondary N) is 1. The Labute approximate surface area is 221 Å². The van der Waals surface area contributed by atoms with Crippen molar-refractivity contribution < 1.29 is 31.9 Å². The van der Waals surface area contributed by atoms with Crippen LogP contribution < -0.4 is 15.7 Å². The monoisotopic (exact) mass is 550 g/mol. The number of rotatable bonds is 9. The number of fused-ring (bicyclic) bond motifs is 1. The Kier molecular flexibility index (Phi) is 7.73. The van der Waals surface area contributed by atoms with Crippen LogP contribution in [-0.4, -0.2) is 30.0 Å². The molecule has 3 amide bonds. The van der Waals surface area contributed by atoms with Gasteiger partial charge in [-0.25, -0.2) is 9.59 Å². The van der Waals surface area contributed by atoms with Gasteiger partial charge in [-0.1, -0.05) is 37.1 Å². The number of hydrogen-bond acceptors (Lipinski definition) is 5. The molecule has 0 saturated carbocycles.